The molecule has 0 atom stereocenters. The lowest BCUT2D eigenvalue weighted by molar-refractivity contribution is 0.0944. The molecule has 3 heteroatoms. The largest absolute Gasteiger partial charge is 0.296 e. The van der Waals surface area contributed by atoms with E-state index in [9.17, 15) is 4.79 Å². The molecule has 0 amide bonds. The van der Waals surface area contributed by atoms with E-state index in [4.69, 9.17) is 0 Å². The van der Waals surface area contributed by atoms with Crippen LogP contribution in [0.1, 0.15) is 28.8 Å². The highest BCUT2D eigenvalue weighted by Crippen LogP contribution is 2.19. The summed E-state index contributed by atoms with van der Waals surface area (Å²) in [5, 5.41) is 0. The summed E-state index contributed by atoms with van der Waals surface area (Å²) in [6.07, 6.45) is 2.45. The van der Waals surface area contributed by atoms with Gasteiger partial charge in [-0.3, -0.25) is 9.69 Å². The number of rotatable bonds is 3. The second-order valence-electron chi connectivity index (χ2n) is 4.39. The average Bonchev–Trinajstić information content (AvgIpc) is 2.74. The molecule has 0 bridgehead atoms. The van der Waals surface area contributed by atoms with Crippen molar-refractivity contribution in [3.05, 3.63) is 33.8 Å². The van der Waals surface area contributed by atoms with Gasteiger partial charge in [0.15, 0.2) is 5.78 Å². The number of carbonyl (C=O) groups is 1. The predicted octanol–water partition coefficient (Wildman–Crippen LogP) is 3.04. The predicted molar refractivity (Wildman–Crippen MR) is 68.9 cm³/mol. The van der Waals surface area contributed by atoms with E-state index in [0.717, 1.165) is 28.7 Å². The van der Waals surface area contributed by atoms with Gasteiger partial charge in [-0.2, -0.15) is 0 Å². The Labute approximate surface area is 105 Å². The van der Waals surface area contributed by atoms with Crippen LogP contribution < -0.4 is 0 Å². The first kappa shape index (κ1) is 11.8. The van der Waals surface area contributed by atoms with Crippen molar-refractivity contribution in [1.82, 2.24) is 4.90 Å². The van der Waals surface area contributed by atoms with Crippen LogP contribution in [0.2, 0.25) is 0 Å². The lowest BCUT2D eigenvalue weighted by Gasteiger charge is -2.14. The molecule has 1 heterocycles. The van der Waals surface area contributed by atoms with Crippen molar-refractivity contribution in [2.75, 3.05) is 19.6 Å². The first-order chi connectivity index (χ1) is 7.66. The Morgan fingerprint density at radius 1 is 1.38 bits per heavy atom. The second-order valence-corrected chi connectivity index (χ2v) is 5.24. The van der Waals surface area contributed by atoms with Crippen LogP contribution in [0.4, 0.5) is 0 Å². The zero-order chi connectivity index (χ0) is 11.5. The molecule has 0 saturated carbocycles. The van der Waals surface area contributed by atoms with Crippen molar-refractivity contribution < 1.29 is 4.79 Å². The van der Waals surface area contributed by atoms with Gasteiger partial charge in [-0.1, -0.05) is 27.6 Å². The van der Waals surface area contributed by atoms with Crippen molar-refractivity contribution in [2.45, 2.75) is 19.8 Å². The molecule has 1 aliphatic rings. The fourth-order valence-corrected chi connectivity index (χ4v) is 2.55. The van der Waals surface area contributed by atoms with Crippen molar-refractivity contribution in [2.24, 2.45) is 0 Å². The number of Topliss-reactive ketones (excluding diaryl/α,β-unsaturated/α-hetero) is 1. The van der Waals surface area contributed by atoms with Crippen LogP contribution in [0.3, 0.4) is 0 Å². The first-order valence-electron chi connectivity index (χ1n) is 5.68. The van der Waals surface area contributed by atoms with Crippen LogP contribution in [0, 0.1) is 6.92 Å². The summed E-state index contributed by atoms with van der Waals surface area (Å²) in [5.41, 5.74) is 1.94. The van der Waals surface area contributed by atoms with Gasteiger partial charge in [0.25, 0.3) is 0 Å². The molecular weight excluding hydrogens is 266 g/mol. The van der Waals surface area contributed by atoms with Crippen molar-refractivity contribution >= 4 is 21.7 Å². The third-order valence-electron chi connectivity index (χ3n) is 2.99. The van der Waals surface area contributed by atoms with Gasteiger partial charge < -0.3 is 0 Å². The maximum absolute atomic E-state index is 12.1. The standard InChI is InChI=1S/C13H16BrNO/c1-10-4-5-12(14)11(8-10)13(16)9-15-6-2-3-7-15/h4-5,8H,2-3,6-7,9H2,1H3. The maximum Gasteiger partial charge on any atom is 0.177 e. The quantitative estimate of drug-likeness (QED) is 0.794. The summed E-state index contributed by atoms with van der Waals surface area (Å²) in [7, 11) is 0. The van der Waals surface area contributed by atoms with Gasteiger partial charge in [-0.05, 0) is 45.0 Å². The summed E-state index contributed by atoms with van der Waals surface area (Å²) in [6.45, 7) is 4.70. The molecule has 0 unspecified atom stereocenters. The fraction of sp³-hybridized carbons (Fsp3) is 0.462. The average molecular weight is 282 g/mol. The number of benzene rings is 1. The van der Waals surface area contributed by atoms with E-state index in [1.54, 1.807) is 0 Å². The third-order valence-corrected chi connectivity index (χ3v) is 3.68. The van der Waals surface area contributed by atoms with E-state index in [2.05, 4.69) is 20.8 Å². The zero-order valence-electron chi connectivity index (χ0n) is 9.50. The highest BCUT2D eigenvalue weighted by Gasteiger charge is 2.17. The van der Waals surface area contributed by atoms with Gasteiger partial charge >= 0.3 is 0 Å². The molecule has 1 aromatic rings. The van der Waals surface area contributed by atoms with Gasteiger partial charge in [0.05, 0.1) is 6.54 Å². The second kappa shape index (κ2) is 5.11. The summed E-state index contributed by atoms with van der Waals surface area (Å²) in [6, 6.07) is 5.92. The molecule has 0 spiro atoms. The van der Waals surface area contributed by atoms with E-state index in [0.29, 0.717) is 6.54 Å². The summed E-state index contributed by atoms with van der Waals surface area (Å²) in [4.78, 5) is 14.3. The molecule has 1 fully saturated rings. The molecule has 2 nitrogen and oxygen atoms in total. The SMILES string of the molecule is Cc1ccc(Br)c(C(=O)CN2CCCC2)c1. The number of nitrogens with zero attached hydrogens (tertiary/aromatic N) is 1. The van der Waals surface area contributed by atoms with Crippen LogP contribution in [0.15, 0.2) is 22.7 Å². The molecule has 0 aromatic heterocycles. The van der Waals surface area contributed by atoms with Gasteiger partial charge in [0, 0.05) is 10.0 Å². The van der Waals surface area contributed by atoms with Crippen molar-refractivity contribution in [3.63, 3.8) is 0 Å². The lowest BCUT2D eigenvalue weighted by Crippen LogP contribution is -2.27. The normalized spacial score (nSPS) is 16.6. The Balaban J connectivity index is 2.10. The van der Waals surface area contributed by atoms with Crippen molar-refractivity contribution in [1.29, 1.82) is 0 Å². The first-order valence-corrected chi connectivity index (χ1v) is 6.48. The zero-order valence-corrected chi connectivity index (χ0v) is 11.1. The minimum Gasteiger partial charge on any atom is -0.296 e. The molecular formula is C13H16BrNO. The van der Waals surface area contributed by atoms with Crippen molar-refractivity contribution in [3.8, 4) is 0 Å². The van der Waals surface area contributed by atoms with Crippen LogP contribution in [-0.4, -0.2) is 30.3 Å². The highest BCUT2D eigenvalue weighted by molar-refractivity contribution is 9.10. The Kier molecular flexibility index (Phi) is 3.77. The number of likely N-dealkylation sites (tertiary alicyclic amines) is 1. The lowest BCUT2D eigenvalue weighted by atomic mass is 10.1. The Morgan fingerprint density at radius 3 is 2.75 bits per heavy atom. The summed E-state index contributed by atoms with van der Waals surface area (Å²) < 4.78 is 0.905. The van der Waals surface area contributed by atoms with Crippen LogP contribution in [0.5, 0.6) is 0 Å². The topological polar surface area (TPSA) is 20.3 Å². The number of ketones is 1. The molecule has 1 aliphatic heterocycles. The number of carbonyl (C=O) groups excluding carboxylic acids is 1. The van der Waals surface area contributed by atoms with Crippen LogP contribution in [-0.2, 0) is 0 Å². The minimum atomic E-state index is 0.220. The monoisotopic (exact) mass is 281 g/mol. The molecule has 16 heavy (non-hydrogen) atoms. The highest BCUT2D eigenvalue weighted by atomic mass is 79.9. The number of hydrogen-bond donors (Lipinski definition) is 0. The Morgan fingerprint density at radius 2 is 2.06 bits per heavy atom. The molecule has 0 N–H and O–H groups in total. The van der Waals surface area contributed by atoms with Crippen LogP contribution >= 0.6 is 15.9 Å². The Bertz CT molecular complexity index is 397. The molecule has 0 aliphatic carbocycles. The van der Waals surface area contributed by atoms with E-state index in [1.807, 2.05) is 25.1 Å². The molecule has 1 saturated heterocycles. The van der Waals surface area contributed by atoms with E-state index in [-0.39, 0.29) is 5.78 Å². The van der Waals surface area contributed by atoms with Gasteiger partial charge in [-0.25, -0.2) is 0 Å². The van der Waals surface area contributed by atoms with Gasteiger partial charge in [0.1, 0.15) is 0 Å². The summed E-state index contributed by atoms with van der Waals surface area (Å²) in [5.74, 6) is 0.220. The molecule has 1 aromatic carbocycles. The van der Waals surface area contributed by atoms with E-state index < -0.39 is 0 Å². The fourth-order valence-electron chi connectivity index (χ4n) is 2.08. The Hall–Kier alpha value is -0.670. The molecule has 2 rings (SSSR count). The molecule has 0 radical (unpaired) electrons. The minimum absolute atomic E-state index is 0.220. The third kappa shape index (κ3) is 2.71. The smallest absolute Gasteiger partial charge is 0.177 e. The maximum atomic E-state index is 12.1. The number of halogens is 1. The van der Waals surface area contributed by atoms with Crippen LogP contribution in [0.25, 0.3) is 0 Å². The van der Waals surface area contributed by atoms with E-state index in [1.165, 1.54) is 12.8 Å². The van der Waals surface area contributed by atoms with E-state index >= 15 is 0 Å². The number of hydrogen-bond acceptors (Lipinski definition) is 2. The number of aryl methyl sites for hydroxylation is 1. The summed E-state index contributed by atoms with van der Waals surface area (Å²) >= 11 is 3.44. The van der Waals surface area contributed by atoms with Gasteiger partial charge in [0.2, 0.25) is 0 Å². The van der Waals surface area contributed by atoms with Gasteiger partial charge in [-0.15, -0.1) is 0 Å². The molecule has 86 valence electrons.